The average molecular weight is 477 g/mol. The van der Waals surface area contributed by atoms with Gasteiger partial charge in [0.15, 0.2) is 0 Å². The normalized spacial score (nSPS) is 20.3. The first-order valence-corrected chi connectivity index (χ1v) is 11.7. The molecule has 1 aromatic carbocycles. The number of fused-ring (bicyclic) bond motifs is 1. The van der Waals surface area contributed by atoms with E-state index in [9.17, 15) is 14.0 Å². The molecule has 0 unspecified atom stereocenters. The zero-order chi connectivity index (χ0) is 23.7. The summed E-state index contributed by atoms with van der Waals surface area (Å²) in [7, 11) is 3.26. The average Bonchev–Trinajstić information content (AvgIpc) is 3.14. The lowest BCUT2D eigenvalue weighted by molar-refractivity contribution is -0.146. The topological polar surface area (TPSA) is 67.7 Å². The molecule has 4 rings (SSSR count). The summed E-state index contributed by atoms with van der Waals surface area (Å²) in [4.78, 5) is 28.7. The van der Waals surface area contributed by atoms with Gasteiger partial charge in [0, 0.05) is 30.2 Å². The standard InChI is InChI=1S/C24H30ClFN4O3/c1-15-20-10-11-29(24(32)28(2)19-8-5-16(6-9-19)23(31)33-3)14-22(20)30(27-15)13-17-4-7-18(25)12-21(17)26/h4,7,12,16,19H,5-6,8-11,13-14H2,1-3H3. The van der Waals surface area contributed by atoms with Crippen LogP contribution in [0.3, 0.4) is 0 Å². The Morgan fingerprint density at radius 2 is 2.00 bits per heavy atom. The first-order valence-electron chi connectivity index (χ1n) is 11.4. The number of esters is 1. The molecule has 2 heterocycles. The maximum absolute atomic E-state index is 14.4. The van der Waals surface area contributed by atoms with Gasteiger partial charge in [-0.25, -0.2) is 9.18 Å². The van der Waals surface area contributed by atoms with Crippen LogP contribution in [0.25, 0.3) is 0 Å². The number of nitrogens with zero attached hydrogens (tertiary/aromatic N) is 4. The molecule has 2 aromatic rings. The Hall–Kier alpha value is -2.61. The van der Waals surface area contributed by atoms with Crippen molar-refractivity contribution < 1.29 is 18.7 Å². The van der Waals surface area contributed by atoms with E-state index in [-0.39, 0.29) is 36.3 Å². The highest BCUT2D eigenvalue weighted by Crippen LogP contribution is 2.30. The Labute approximate surface area is 198 Å². The number of ether oxygens (including phenoxy) is 1. The molecular weight excluding hydrogens is 447 g/mol. The predicted octanol–water partition coefficient (Wildman–Crippen LogP) is 4.17. The number of carbonyl (C=O) groups is 2. The molecule has 0 radical (unpaired) electrons. The molecule has 9 heteroatoms. The van der Waals surface area contributed by atoms with Crippen LogP contribution in [-0.2, 0) is 29.0 Å². The van der Waals surface area contributed by atoms with Crippen molar-refractivity contribution in [1.82, 2.24) is 19.6 Å². The molecule has 2 aliphatic rings. The third-order valence-corrected chi connectivity index (χ3v) is 7.26. The van der Waals surface area contributed by atoms with Crippen LogP contribution in [0, 0.1) is 18.7 Å². The van der Waals surface area contributed by atoms with Gasteiger partial charge in [0.25, 0.3) is 0 Å². The summed E-state index contributed by atoms with van der Waals surface area (Å²) in [5.41, 5.74) is 3.51. The third-order valence-electron chi connectivity index (χ3n) is 7.03. The van der Waals surface area contributed by atoms with Crippen LogP contribution in [0.15, 0.2) is 18.2 Å². The zero-order valence-corrected chi connectivity index (χ0v) is 20.1. The van der Waals surface area contributed by atoms with Gasteiger partial charge in [-0.3, -0.25) is 9.48 Å². The predicted molar refractivity (Wildman–Crippen MR) is 123 cm³/mol. The maximum atomic E-state index is 14.4. The minimum Gasteiger partial charge on any atom is -0.469 e. The Kier molecular flexibility index (Phi) is 6.93. The number of hydrogen-bond acceptors (Lipinski definition) is 4. The van der Waals surface area contributed by atoms with E-state index in [2.05, 4.69) is 5.10 Å². The molecule has 178 valence electrons. The van der Waals surface area contributed by atoms with E-state index < -0.39 is 0 Å². The van der Waals surface area contributed by atoms with Crippen LogP contribution in [0.1, 0.15) is 48.2 Å². The smallest absolute Gasteiger partial charge is 0.320 e. The van der Waals surface area contributed by atoms with E-state index in [4.69, 9.17) is 16.3 Å². The number of urea groups is 1. The Morgan fingerprint density at radius 3 is 2.67 bits per heavy atom. The molecule has 0 atom stereocenters. The summed E-state index contributed by atoms with van der Waals surface area (Å²) >= 11 is 5.88. The Balaban J connectivity index is 1.45. The van der Waals surface area contributed by atoms with E-state index in [0.29, 0.717) is 23.7 Å². The molecule has 0 N–H and O–H groups in total. The number of benzene rings is 1. The molecule has 33 heavy (non-hydrogen) atoms. The van der Waals surface area contributed by atoms with E-state index >= 15 is 0 Å². The number of aromatic nitrogens is 2. The van der Waals surface area contributed by atoms with Gasteiger partial charge in [0.2, 0.25) is 0 Å². The number of hydrogen-bond donors (Lipinski definition) is 0. The van der Waals surface area contributed by atoms with Gasteiger partial charge in [-0.1, -0.05) is 17.7 Å². The molecule has 2 amide bonds. The third kappa shape index (κ3) is 4.86. The fourth-order valence-corrected chi connectivity index (χ4v) is 5.18. The van der Waals surface area contributed by atoms with Crippen molar-refractivity contribution in [3.05, 3.63) is 51.6 Å². The second-order valence-corrected chi connectivity index (χ2v) is 9.43. The minimum absolute atomic E-state index is 0.0229. The molecular formula is C24H30ClFN4O3. The van der Waals surface area contributed by atoms with Crippen molar-refractivity contribution in [3.63, 3.8) is 0 Å². The van der Waals surface area contributed by atoms with Gasteiger partial charge in [-0.05, 0) is 56.7 Å². The molecule has 1 aliphatic carbocycles. The van der Waals surface area contributed by atoms with E-state index in [1.807, 2.05) is 23.8 Å². The first kappa shape index (κ1) is 23.5. The van der Waals surface area contributed by atoms with Crippen molar-refractivity contribution >= 4 is 23.6 Å². The van der Waals surface area contributed by atoms with Crippen LogP contribution in [0.5, 0.6) is 0 Å². The molecule has 1 aromatic heterocycles. The zero-order valence-electron chi connectivity index (χ0n) is 19.3. The van der Waals surface area contributed by atoms with Crippen LogP contribution < -0.4 is 0 Å². The molecule has 7 nitrogen and oxygen atoms in total. The number of rotatable bonds is 4. The number of halogens is 2. The quantitative estimate of drug-likeness (QED) is 0.621. The van der Waals surface area contributed by atoms with Crippen molar-refractivity contribution in [2.45, 2.75) is 58.2 Å². The monoisotopic (exact) mass is 476 g/mol. The first-order chi connectivity index (χ1) is 15.8. The Morgan fingerprint density at radius 1 is 1.27 bits per heavy atom. The molecule has 0 bridgehead atoms. The van der Waals surface area contributed by atoms with Crippen molar-refractivity contribution in [2.75, 3.05) is 20.7 Å². The highest BCUT2D eigenvalue weighted by molar-refractivity contribution is 6.30. The molecule has 0 spiro atoms. The molecule has 0 saturated heterocycles. The number of methoxy groups -OCH3 is 1. The van der Waals surface area contributed by atoms with Gasteiger partial charge in [0.1, 0.15) is 5.82 Å². The summed E-state index contributed by atoms with van der Waals surface area (Å²) in [5, 5.41) is 4.99. The van der Waals surface area contributed by atoms with Crippen LogP contribution in [0.2, 0.25) is 5.02 Å². The van der Waals surface area contributed by atoms with E-state index in [0.717, 1.165) is 49.1 Å². The van der Waals surface area contributed by atoms with Gasteiger partial charge in [-0.15, -0.1) is 0 Å². The molecule has 1 fully saturated rings. The fraction of sp³-hybridized carbons (Fsp3) is 0.542. The Bertz CT molecular complexity index is 1050. The minimum atomic E-state index is -0.365. The lowest BCUT2D eigenvalue weighted by Crippen LogP contribution is -2.49. The largest absolute Gasteiger partial charge is 0.469 e. The summed E-state index contributed by atoms with van der Waals surface area (Å²) < 4.78 is 21.0. The maximum Gasteiger partial charge on any atom is 0.320 e. The summed E-state index contributed by atoms with van der Waals surface area (Å²) in [5.74, 6) is -0.597. The summed E-state index contributed by atoms with van der Waals surface area (Å²) in [6.45, 7) is 3.30. The molecule has 1 aliphatic heterocycles. The van der Waals surface area contributed by atoms with Crippen LogP contribution in [0.4, 0.5) is 9.18 Å². The van der Waals surface area contributed by atoms with E-state index in [1.54, 1.807) is 16.8 Å². The second-order valence-electron chi connectivity index (χ2n) is 9.00. The van der Waals surface area contributed by atoms with Gasteiger partial charge in [-0.2, -0.15) is 5.10 Å². The number of amides is 2. The van der Waals surface area contributed by atoms with Gasteiger partial charge in [0.05, 0.1) is 37.5 Å². The van der Waals surface area contributed by atoms with Gasteiger partial charge < -0.3 is 14.5 Å². The highest BCUT2D eigenvalue weighted by atomic mass is 35.5. The van der Waals surface area contributed by atoms with Crippen LogP contribution >= 0.6 is 11.6 Å². The number of carbonyl (C=O) groups excluding carboxylic acids is 2. The van der Waals surface area contributed by atoms with Crippen molar-refractivity contribution in [1.29, 1.82) is 0 Å². The second kappa shape index (κ2) is 9.71. The highest BCUT2D eigenvalue weighted by Gasteiger charge is 2.34. The molecule has 1 saturated carbocycles. The van der Waals surface area contributed by atoms with Crippen molar-refractivity contribution in [3.8, 4) is 0 Å². The SMILES string of the molecule is COC(=O)C1CCC(N(C)C(=O)N2CCc3c(C)nn(Cc4ccc(Cl)cc4F)c3C2)CC1. The summed E-state index contributed by atoms with van der Waals surface area (Å²) in [6.07, 6.45) is 3.76. The van der Waals surface area contributed by atoms with Crippen molar-refractivity contribution in [2.24, 2.45) is 5.92 Å². The van der Waals surface area contributed by atoms with Gasteiger partial charge >= 0.3 is 12.0 Å². The lowest BCUT2D eigenvalue weighted by Gasteiger charge is -2.38. The van der Waals surface area contributed by atoms with E-state index in [1.165, 1.54) is 13.2 Å². The number of aryl methyl sites for hydroxylation is 1. The fourth-order valence-electron chi connectivity index (χ4n) is 5.03. The summed E-state index contributed by atoms with van der Waals surface area (Å²) in [6, 6.07) is 4.73. The van der Waals surface area contributed by atoms with Crippen LogP contribution in [-0.4, -0.2) is 58.3 Å². The lowest BCUT2D eigenvalue weighted by atomic mass is 9.85.